The van der Waals surface area contributed by atoms with Crippen molar-refractivity contribution in [2.45, 2.75) is 0 Å². The van der Waals surface area contributed by atoms with E-state index >= 15 is 0 Å². The number of nitrogens with two attached hydrogens (primary N) is 2. The van der Waals surface area contributed by atoms with Gasteiger partial charge < -0.3 is 11.5 Å². The van der Waals surface area contributed by atoms with Gasteiger partial charge in [0.05, 0.1) is 32.5 Å². The van der Waals surface area contributed by atoms with Crippen LogP contribution in [0.3, 0.4) is 0 Å². The Morgan fingerprint density at radius 3 is 1.36 bits per heavy atom. The molecule has 0 saturated heterocycles. The van der Waals surface area contributed by atoms with Gasteiger partial charge in [-0.15, -0.1) is 0 Å². The number of hydrogen-bond acceptors (Lipinski definition) is 4. The molecule has 4 nitrogen and oxygen atoms in total. The Morgan fingerprint density at radius 1 is 0.857 bits per heavy atom. The Labute approximate surface area is 90.2 Å². The van der Waals surface area contributed by atoms with E-state index in [2.05, 4.69) is 0 Å². The molecule has 4 N–H and O–H groups in total. The Hall–Kier alpha value is -1.62. The van der Waals surface area contributed by atoms with Crippen LogP contribution in [0.1, 0.15) is 11.1 Å². The highest BCUT2D eigenvalue weighted by molar-refractivity contribution is 6.39. The Kier molecular flexibility index (Phi) is 2.71. The first-order valence-electron chi connectivity index (χ1n) is 3.40. The number of nitrogens with zero attached hydrogens (tertiary/aromatic N) is 2. The summed E-state index contributed by atoms with van der Waals surface area (Å²) in [5.41, 5.74) is 10.9. The second-order valence-corrected chi connectivity index (χ2v) is 3.18. The molecule has 1 rings (SSSR count). The maximum absolute atomic E-state index is 8.73. The Morgan fingerprint density at radius 2 is 1.14 bits per heavy atom. The molecule has 0 radical (unpaired) electrons. The van der Waals surface area contributed by atoms with Gasteiger partial charge in [-0.3, -0.25) is 0 Å². The molecule has 0 aliphatic heterocycles. The molecule has 0 unspecified atom stereocenters. The highest BCUT2D eigenvalue weighted by Gasteiger charge is 2.18. The molecule has 0 aromatic heterocycles. The van der Waals surface area contributed by atoms with Gasteiger partial charge in [-0.1, -0.05) is 23.2 Å². The van der Waals surface area contributed by atoms with Crippen molar-refractivity contribution in [3.8, 4) is 12.1 Å². The quantitative estimate of drug-likeness (QED) is 0.661. The maximum atomic E-state index is 8.73. The summed E-state index contributed by atoms with van der Waals surface area (Å²) in [5, 5.41) is 17.4. The SMILES string of the molecule is N#Cc1c(Cl)c(N)c(N)c(Cl)c1C#N. The first-order valence-corrected chi connectivity index (χ1v) is 4.16. The largest absolute Gasteiger partial charge is 0.396 e. The van der Waals surface area contributed by atoms with Gasteiger partial charge in [0.2, 0.25) is 0 Å². The second kappa shape index (κ2) is 3.63. The smallest absolute Gasteiger partial charge is 0.102 e. The fourth-order valence-electron chi connectivity index (χ4n) is 0.935. The molecule has 0 bridgehead atoms. The van der Waals surface area contributed by atoms with E-state index in [-0.39, 0.29) is 32.5 Å². The zero-order valence-corrected chi connectivity index (χ0v) is 8.32. The minimum absolute atomic E-state index is 0.0206. The van der Waals surface area contributed by atoms with Gasteiger partial charge in [0.15, 0.2) is 0 Å². The van der Waals surface area contributed by atoms with Crippen LogP contribution in [0.2, 0.25) is 10.0 Å². The van der Waals surface area contributed by atoms with E-state index in [0.717, 1.165) is 0 Å². The topological polar surface area (TPSA) is 99.6 Å². The predicted molar refractivity (Wildman–Crippen MR) is 54.7 cm³/mol. The Bertz CT molecular complexity index is 437. The molecule has 0 amide bonds. The summed E-state index contributed by atoms with van der Waals surface area (Å²) in [6.45, 7) is 0. The monoisotopic (exact) mass is 226 g/mol. The summed E-state index contributed by atoms with van der Waals surface area (Å²) in [6, 6.07) is 3.50. The molecule has 0 saturated carbocycles. The molecule has 6 heteroatoms. The van der Waals surface area contributed by atoms with Crippen LogP contribution in [0.25, 0.3) is 0 Å². The second-order valence-electron chi connectivity index (χ2n) is 2.43. The van der Waals surface area contributed by atoms with Crippen LogP contribution < -0.4 is 11.5 Å². The lowest BCUT2D eigenvalue weighted by atomic mass is 10.1. The average molecular weight is 227 g/mol. The van der Waals surface area contributed by atoms with E-state index in [0.29, 0.717) is 0 Å². The summed E-state index contributed by atoms with van der Waals surface area (Å²) in [7, 11) is 0. The minimum atomic E-state index is -0.0501. The van der Waals surface area contributed by atoms with Crippen molar-refractivity contribution in [3.63, 3.8) is 0 Å². The third kappa shape index (κ3) is 1.31. The summed E-state index contributed by atoms with van der Waals surface area (Å²) >= 11 is 11.4. The summed E-state index contributed by atoms with van der Waals surface area (Å²) in [6.07, 6.45) is 0. The summed E-state index contributed by atoms with van der Waals surface area (Å²) in [5.74, 6) is 0. The van der Waals surface area contributed by atoms with Crippen molar-refractivity contribution in [1.82, 2.24) is 0 Å². The van der Waals surface area contributed by atoms with Crippen LogP contribution >= 0.6 is 23.2 Å². The van der Waals surface area contributed by atoms with E-state index in [1.807, 2.05) is 0 Å². The molecule has 0 aliphatic rings. The van der Waals surface area contributed by atoms with Crippen molar-refractivity contribution >= 4 is 34.6 Å². The van der Waals surface area contributed by atoms with Gasteiger partial charge in [0, 0.05) is 0 Å². The minimum Gasteiger partial charge on any atom is -0.396 e. The molecular weight excluding hydrogens is 223 g/mol. The fraction of sp³-hybridized carbons (Fsp3) is 0. The first kappa shape index (κ1) is 10.5. The predicted octanol–water partition coefficient (Wildman–Crippen LogP) is 1.90. The van der Waals surface area contributed by atoms with E-state index in [1.165, 1.54) is 0 Å². The van der Waals surface area contributed by atoms with Gasteiger partial charge in [-0.05, 0) is 0 Å². The third-order valence-electron chi connectivity index (χ3n) is 1.68. The van der Waals surface area contributed by atoms with Crippen LogP contribution in [0.5, 0.6) is 0 Å². The zero-order chi connectivity index (χ0) is 10.9. The normalized spacial score (nSPS) is 9.14. The van der Waals surface area contributed by atoms with Gasteiger partial charge in [-0.2, -0.15) is 10.5 Å². The summed E-state index contributed by atoms with van der Waals surface area (Å²) < 4.78 is 0. The van der Waals surface area contributed by atoms with Crippen molar-refractivity contribution in [2.24, 2.45) is 0 Å². The lowest BCUT2D eigenvalue weighted by Crippen LogP contribution is -2.01. The van der Waals surface area contributed by atoms with Crippen molar-refractivity contribution in [3.05, 3.63) is 21.2 Å². The molecule has 0 heterocycles. The fourth-order valence-corrected chi connectivity index (χ4v) is 1.41. The van der Waals surface area contributed by atoms with Crippen molar-refractivity contribution < 1.29 is 0 Å². The summed E-state index contributed by atoms with van der Waals surface area (Å²) in [4.78, 5) is 0. The van der Waals surface area contributed by atoms with Gasteiger partial charge in [0.1, 0.15) is 12.1 Å². The molecular formula is C8H4Cl2N4. The Balaban J connectivity index is 3.79. The van der Waals surface area contributed by atoms with Crippen molar-refractivity contribution in [2.75, 3.05) is 11.5 Å². The first-order chi connectivity index (χ1) is 6.54. The van der Waals surface area contributed by atoms with Crippen molar-refractivity contribution in [1.29, 1.82) is 10.5 Å². The number of rotatable bonds is 0. The molecule has 1 aromatic carbocycles. The molecule has 14 heavy (non-hydrogen) atoms. The van der Waals surface area contributed by atoms with E-state index in [1.54, 1.807) is 12.1 Å². The van der Waals surface area contributed by atoms with E-state index in [4.69, 9.17) is 45.2 Å². The number of nitrogen functional groups attached to an aromatic ring is 2. The molecule has 70 valence electrons. The lowest BCUT2D eigenvalue weighted by molar-refractivity contribution is 1.43. The molecule has 0 spiro atoms. The number of anilines is 2. The van der Waals surface area contributed by atoms with Crippen LogP contribution in [0.15, 0.2) is 0 Å². The average Bonchev–Trinajstić information content (AvgIpc) is 2.20. The molecule has 0 aliphatic carbocycles. The zero-order valence-electron chi connectivity index (χ0n) is 6.81. The van der Waals surface area contributed by atoms with Gasteiger partial charge in [0.25, 0.3) is 0 Å². The number of halogens is 2. The molecule has 1 aromatic rings. The number of nitriles is 2. The molecule has 0 fully saturated rings. The van der Waals surface area contributed by atoms with Crippen LogP contribution in [0.4, 0.5) is 11.4 Å². The number of hydrogen-bond donors (Lipinski definition) is 2. The van der Waals surface area contributed by atoms with Gasteiger partial charge >= 0.3 is 0 Å². The van der Waals surface area contributed by atoms with Gasteiger partial charge in [-0.25, -0.2) is 0 Å². The van der Waals surface area contributed by atoms with Crippen LogP contribution in [-0.4, -0.2) is 0 Å². The standard InChI is InChI=1S/C8H4Cl2N4/c9-5-3(1-11)4(2-12)6(10)8(14)7(5)13/h13-14H2. The lowest BCUT2D eigenvalue weighted by Gasteiger charge is -2.08. The van der Waals surface area contributed by atoms with E-state index < -0.39 is 0 Å². The highest BCUT2D eigenvalue weighted by Crippen LogP contribution is 2.38. The highest BCUT2D eigenvalue weighted by atomic mass is 35.5. The van der Waals surface area contributed by atoms with Crippen LogP contribution in [-0.2, 0) is 0 Å². The molecule has 0 atom stereocenters. The van der Waals surface area contributed by atoms with E-state index in [9.17, 15) is 0 Å². The third-order valence-corrected chi connectivity index (χ3v) is 2.46. The number of benzene rings is 1. The maximum Gasteiger partial charge on any atom is 0.102 e. The van der Waals surface area contributed by atoms with Crippen LogP contribution in [0, 0.1) is 22.7 Å².